The Morgan fingerprint density at radius 2 is 2.25 bits per heavy atom. The Hall–Kier alpha value is -0.790. The summed E-state index contributed by atoms with van der Waals surface area (Å²) in [5.74, 6) is 1.49. The third-order valence-corrected chi connectivity index (χ3v) is 3.30. The van der Waals surface area contributed by atoms with Crippen LogP contribution in [0.3, 0.4) is 0 Å². The number of carbonyl (C=O) groups is 1. The molecule has 2 unspecified atom stereocenters. The third kappa shape index (κ3) is 0.977. The third-order valence-electron chi connectivity index (χ3n) is 3.30. The zero-order valence-corrected chi connectivity index (χ0v) is 7.38. The van der Waals surface area contributed by atoms with E-state index in [1.165, 1.54) is 6.42 Å². The second kappa shape index (κ2) is 2.61. The maximum atomic E-state index is 11.1. The molecule has 0 N–H and O–H groups in total. The average Bonchev–Trinajstić information content (AvgIpc) is 2.41. The van der Waals surface area contributed by atoms with Crippen molar-refractivity contribution in [1.29, 1.82) is 0 Å². The minimum absolute atomic E-state index is 0.176. The van der Waals surface area contributed by atoms with E-state index < -0.39 is 0 Å². The largest absolute Gasteiger partial charge is 0.462 e. The Balaban J connectivity index is 2.19. The van der Waals surface area contributed by atoms with Gasteiger partial charge < -0.3 is 4.74 Å². The van der Waals surface area contributed by atoms with Gasteiger partial charge in [-0.1, -0.05) is 13.5 Å². The van der Waals surface area contributed by atoms with E-state index in [2.05, 4.69) is 13.5 Å². The van der Waals surface area contributed by atoms with Gasteiger partial charge in [-0.15, -0.1) is 0 Å². The molecule has 0 aromatic carbocycles. The van der Waals surface area contributed by atoms with E-state index in [1.807, 2.05) is 0 Å². The molecule has 1 aliphatic carbocycles. The molecular weight excluding hydrogens is 152 g/mol. The number of hydrogen-bond donors (Lipinski definition) is 0. The summed E-state index contributed by atoms with van der Waals surface area (Å²) in [4.78, 5) is 11.1. The van der Waals surface area contributed by atoms with Crippen molar-refractivity contribution in [1.82, 2.24) is 0 Å². The normalized spacial score (nSPS) is 40.9. The highest BCUT2D eigenvalue weighted by Crippen LogP contribution is 2.43. The number of hydrogen-bond acceptors (Lipinski definition) is 2. The van der Waals surface area contributed by atoms with Gasteiger partial charge in [-0.3, -0.25) is 0 Å². The van der Waals surface area contributed by atoms with Crippen LogP contribution in [0.2, 0.25) is 0 Å². The highest BCUT2D eigenvalue weighted by Gasteiger charge is 2.41. The Labute approximate surface area is 72.6 Å². The van der Waals surface area contributed by atoms with E-state index in [0.29, 0.717) is 29.9 Å². The molecular formula is C10H14O2. The summed E-state index contributed by atoms with van der Waals surface area (Å²) in [5.41, 5.74) is 0.704. The van der Waals surface area contributed by atoms with Crippen molar-refractivity contribution in [2.75, 3.05) is 6.61 Å². The molecule has 0 aromatic heterocycles. The van der Waals surface area contributed by atoms with Crippen molar-refractivity contribution < 1.29 is 9.53 Å². The lowest BCUT2D eigenvalue weighted by atomic mass is 9.85. The van der Waals surface area contributed by atoms with E-state index >= 15 is 0 Å². The van der Waals surface area contributed by atoms with Crippen LogP contribution in [0.25, 0.3) is 0 Å². The Kier molecular flexibility index (Phi) is 1.71. The van der Waals surface area contributed by atoms with Gasteiger partial charge in [-0.05, 0) is 24.7 Å². The Morgan fingerprint density at radius 3 is 3.00 bits per heavy atom. The summed E-state index contributed by atoms with van der Waals surface area (Å²) in [6.07, 6.45) is 2.34. The zero-order chi connectivity index (χ0) is 8.72. The first-order valence-corrected chi connectivity index (χ1v) is 4.56. The van der Waals surface area contributed by atoms with Crippen LogP contribution in [0.1, 0.15) is 19.8 Å². The van der Waals surface area contributed by atoms with Crippen molar-refractivity contribution in [3.05, 3.63) is 12.2 Å². The molecule has 1 saturated heterocycles. The SMILES string of the molecule is C=C1C(=O)OCC2C1CC[C@@H]2C. The second-order valence-corrected chi connectivity index (χ2v) is 3.95. The fourth-order valence-corrected chi connectivity index (χ4v) is 2.40. The second-order valence-electron chi connectivity index (χ2n) is 3.95. The minimum Gasteiger partial charge on any atom is -0.462 e. The molecule has 66 valence electrons. The van der Waals surface area contributed by atoms with Gasteiger partial charge in [0.2, 0.25) is 0 Å². The molecule has 2 nitrogen and oxygen atoms in total. The number of rotatable bonds is 0. The van der Waals surface area contributed by atoms with Crippen LogP contribution >= 0.6 is 0 Å². The molecule has 12 heavy (non-hydrogen) atoms. The van der Waals surface area contributed by atoms with Crippen molar-refractivity contribution in [3.8, 4) is 0 Å². The maximum Gasteiger partial charge on any atom is 0.333 e. The summed E-state index contributed by atoms with van der Waals surface area (Å²) in [6.45, 7) is 6.65. The number of fused-ring (bicyclic) bond motifs is 1. The standard InChI is InChI=1S/C10H14O2/c1-6-3-4-8-7(2)10(11)12-5-9(6)8/h6,8-9H,2-5H2,1H3/t6-,8?,9?/m0/s1. The summed E-state index contributed by atoms with van der Waals surface area (Å²) in [7, 11) is 0. The monoisotopic (exact) mass is 166 g/mol. The molecule has 0 aromatic rings. The van der Waals surface area contributed by atoms with Crippen LogP contribution < -0.4 is 0 Å². The molecule has 0 radical (unpaired) electrons. The Morgan fingerprint density at radius 1 is 1.50 bits per heavy atom. The summed E-state index contributed by atoms with van der Waals surface area (Å²) in [6, 6.07) is 0. The topological polar surface area (TPSA) is 26.3 Å². The predicted octanol–water partition coefficient (Wildman–Crippen LogP) is 1.76. The van der Waals surface area contributed by atoms with Gasteiger partial charge in [0.15, 0.2) is 0 Å². The number of ether oxygens (including phenoxy) is 1. The molecule has 1 aliphatic heterocycles. The molecule has 0 amide bonds. The first kappa shape index (κ1) is 7.84. The van der Waals surface area contributed by atoms with Gasteiger partial charge in [0.05, 0.1) is 6.61 Å². The van der Waals surface area contributed by atoms with Crippen molar-refractivity contribution >= 4 is 5.97 Å². The van der Waals surface area contributed by atoms with Crippen molar-refractivity contribution in [2.24, 2.45) is 17.8 Å². The van der Waals surface area contributed by atoms with Gasteiger partial charge in [0.25, 0.3) is 0 Å². The summed E-state index contributed by atoms with van der Waals surface area (Å²) >= 11 is 0. The van der Waals surface area contributed by atoms with Crippen molar-refractivity contribution in [2.45, 2.75) is 19.8 Å². The lowest BCUT2D eigenvalue weighted by Gasteiger charge is -2.28. The molecule has 1 heterocycles. The van der Waals surface area contributed by atoms with Gasteiger partial charge in [0, 0.05) is 11.5 Å². The fraction of sp³-hybridized carbons (Fsp3) is 0.700. The van der Waals surface area contributed by atoms with E-state index in [1.54, 1.807) is 0 Å². The van der Waals surface area contributed by atoms with Gasteiger partial charge >= 0.3 is 5.97 Å². The van der Waals surface area contributed by atoms with Crippen LogP contribution in [0.5, 0.6) is 0 Å². The summed E-state index contributed by atoms with van der Waals surface area (Å²) in [5, 5.41) is 0. The first-order chi connectivity index (χ1) is 5.70. The molecule has 2 aliphatic rings. The molecule has 0 spiro atoms. The highest BCUT2D eigenvalue weighted by molar-refractivity contribution is 5.89. The van der Waals surface area contributed by atoms with Crippen LogP contribution in [-0.2, 0) is 9.53 Å². The smallest absolute Gasteiger partial charge is 0.333 e. The first-order valence-electron chi connectivity index (χ1n) is 4.56. The quantitative estimate of drug-likeness (QED) is 0.405. The summed E-state index contributed by atoms with van der Waals surface area (Å²) < 4.78 is 5.04. The van der Waals surface area contributed by atoms with Crippen LogP contribution in [0, 0.1) is 17.8 Å². The van der Waals surface area contributed by atoms with Gasteiger partial charge in [0.1, 0.15) is 0 Å². The lowest BCUT2D eigenvalue weighted by Crippen LogP contribution is -2.31. The molecule has 3 atom stereocenters. The zero-order valence-electron chi connectivity index (χ0n) is 7.38. The van der Waals surface area contributed by atoms with E-state index in [4.69, 9.17) is 4.74 Å². The van der Waals surface area contributed by atoms with Crippen LogP contribution in [0.4, 0.5) is 0 Å². The van der Waals surface area contributed by atoms with E-state index in [-0.39, 0.29) is 5.97 Å². The van der Waals surface area contributed by atoms with E-state index in [0.717, 1.165) is 6.42 Å². The van der Waals surface area contributed by atoms with Crippen LogP contribution in [-0.4, -0.2) is 12.6 Å². The highest BCUT2D eigenvalue weighted by atomic mass is 16.5. The van der Waals surface area contributed by atoms with Gasteiger partial charge in [-0.2, -0.15) is 0 Å². The minimum atomic E-state index is -0.176. The average molecular weight is 166 g/mol. The molecule has 1 saturated carbocycles. The Bertz CT molecular complexity index is 232. The molecule has 2 fully saturated rings. The van der Waals surface area contributed by atoms with Crippen molar-refractivity contribution in [3.63, 3.8) is 0 Å². The fourth-order valence-electron chi connectivity index (χ4n) is 2.40. The lowest BCUT2D eigenvalue weighted by molar-refractivity contribution is -0.145. The van der Waals surface area contributed by atoms with E-state index in [9.17, 15) is 4.79 Å². The molecule has 2 rings (SSSR count). The molecule has 0 bridgehead atoms. The predicted molar refractivity (Wildman–Crippen MR) is 45.5 cm³/mol. The number of carbonyl (C=O) groups excluding carboxylic acids is 1. The number of cyclic esters (lactones) is 1. The van der Waals surface area contributed by atoms with Crippen LogP contribution in [0.15, 0.2) is 12.2 Å². The number of esters is 1. The van der Waals surface area contributed by atoms with Gasteiger partial charge in [-0.25, -0.2) is 4.79 Å². The maximum absolute atomic E-state index is 11.1. The molecule has 2 heteroatoms.